The Morgan fingerprint density at radius 3 is 2.69 bits per heavy atom. The number of carbonyl (C=O) groups excluding carboxylic acids is 1. The predicted octanol–water partition coefficient (Wildman–Crippen LogP) is 3.72. The minimum absolute atomic E-state index is 0.141. The molecule has 1 amide bonds. The van der Waals surface area contributed by atoms with Gasteiger partial charge in [0.25, 0.3) is 0 Å². The minimum Gasteiger partial charge on any atom is -0.494 e. The highest BCUT2D eigenvalue weighted by molar-refractivity contribution is 5.99. The third-order valence-corrected chi connectivity index (χ3v) is 5.06. The molecule has 1 aromatic heterocycles. The lowest BCUT2D eigenvalue weighted by Gasteiger charge is -2.15. The van der Waals surface area contributed by atoms with Gasteiger partial charge in [-0.25, -0.2) is 0 Å². The van der Waals surface area contributed by atoms with E-state index in [2.05, 4.69) is 21.7 Å². The monoisotopic (exact) mass is 386 g/mol. The van der Waals surface area contributed by atoms with E-state index in [0.717, 1.165) is 46.3 Å². The quantitative estimate of drug-likeness (QED) is 0.604. The first-order chi connectivity index (χ1) is 14.2. The van der Waals surface area contributed by atoms with Crippen LogP contribution in [0.25, 0.3) is 22.0 Å². The average Bonchev–Trinajstić information content (AvgIpc) is 3.61. The van der Waals surface area contributed by atoms with Crippen molar-refractivity contribution in [3.8, 4) is 22.9 Å². The van der Waals surface area contributed by atoms with Crippen molar-refractivity contribution in [1.82, 2.24) is 10.3 Å². The molecule has 6 nitrogen and oxygen atoms in total. The van der Waals surface area contributed by atoms with Crippen LogP contribution in [0.4, 0.5) is 5.69 Å². The number of aromatic nitrogens is 1. The Labute approximate surface area is 169 Å². The SMILES string of the molecule is COc1c(NCCNC(=O)C2CC2)cnc2c(-c3ccc(C#N)cc3)cccc12. The molecule has 1 heterocycles. The second-order valence-electron chi connectivity index (χ2n) is 7.09. The van der Waals surface area contributed by atoms with Crippen molar-refractivity contribution in [2.75, 3.05) is 25.5 Å². The summed E-state index contributed by atoms with van der Waals surface area (Å²) in [7, 11) is 1.64. The van der Waals surface area contributed by atoms with E-state index in [0.29, 0.717) is 18.7 Å². The maximum absolute atomic E-state index is 11.7. The number of pyridine rings is 1. The van der Waals surface area contributed by atoms with Gasteiger partial charge in [0.1, 0.15) is 0 Å². The number of hydrogen-bond acceptors (Lipinski definition) is 5. The van der Waals surface area contributed by atoms with E-state index < -0.39 is 0 Å². The van der Waals surface area contributed by atoms with E-state index in [9.17, 15) is 4.79 Å². The zero-order valence-electron chi connectivity index (χ0n) is 16.2. The standard InChI is InChI=1S/C23H22N4O2/c1-29-22-19-4-2-3-18(16-7-5-15(13-24)6-8-16)21(19)27-14-20(22)25-11-12-26-23(28)17-9-10-17/h2-8,14,17,25H,9-12H2,1H3,(H,26,28). The number of benzene rings is 2. The summed E-state index contributed by atoms with van der Waals surface area (Å²) >= 11 is 0. The van der Waals surface area contributed by atoms with Crippen LogP contribution in [0.3, 0.4) is 0 Å². The van der Waals surface area contributed by atoms with E-state index in [4.69, 9.17) is 10.00 Å². The average molecular weight is 386 g/mol. The second kappa shape index (κ2) is 8.19. The van der Waals surface area contributed by atoms with Gasteiger partial charge in [-0.2, -0.15) is 5.26 Å². The van der Waals surface area contributed by atoms with Crippen LogP contribution in [-0.4, -0.2) is 31.1 Å². The van der Waals surface area contributed by atoms with Gasteiger partial charge in [0, 0.05) is 30.0 Å². The Morgan fingerprint density at radius 1 is 1.21 bits per heavy atom. The molecule has 1 aliphatic rings. The normalized spacial score (nSPS) is 13.0. The number of rotatable bonds is 7. The lowest BCUT2D eigenvalue weighted by molar-refractivity contribution is -0.122. The molecule has 2 N–H and O–H groups in total. The van der Waals surface area contributed by atoms with E-state index in [-0.39, 0.29) is 11.8 Å². The fourth-order valence-electron chi connectivity index (χ4n) is 3.37. The van der Waals surface area contributed by atoms with E-state index in [1.807, 2.05) is 30.3 Å². The molecular formula is C23H22N4O2. The predicted molar refractivity (Wildman–Crippen MR) is 113 cm³/mol. The summed E-state index contributed by atoms with van der Waals surface area (Å²) in [6.45, 7) is 1.15. The molecule has 0 unspecified atom stereocenters. The molecule has 3 aromatic rings. The number of nitrogens with zero attached hydrogens (tertiary/aromatic N) is 2. The fourth-order valence-corrected chi connectivity index (χ4v) is 3.37. The highest BCUT2D eigenvalue weighted by Crippen LogP contribution is 2.36. The molecule has 29 heavy (non-hydrogen) atoms. The number of para-hydroxylation sites is 1. The highest BCUT2D eigenvalue weighted by atomic mass is 16.5. The van der Waals surface area contributed by atoms with Crippen molar-refractivity contribution in [3.63, 3.8) is 0 Å². The van der Waals surface area contributed by atoms with E-state index in [1.165, 1.54) is 0 Å². The number of carbonyl (C=O) groups is 1. The first kappa shape index (κ1) is 18.8. The molecule has 1 fully saturated rings. The third kappa shape index (κ3) is 3.99. The van der Waals surface area contributed by atoms with Crippen molar-refractivity contribution in [2.24, 2.45) is 5.92 Å². The van der Waals surface area contributed by atoms with Crippen LogP contribution in [0.1, 0.15) is 18.4 Å². The summed E-state index contributed by atoms with van der Waals surface area (Å²) in [6, 6.07) is 15.6. The first-order valence-electron chi connectivity index (χ1n) is 9.69. The van der Waals surface area contributed by atoms with Gasteiger partial charge >= 0.3 is 0 Å². The molecule has 0 aliphatic heterocycles. The number of ether oxygens (including phenoxy) is 1. The molecular weight excluding hydrogens is 364 g/mol. The lowest BCUT2D eigenvalue weighted by atomic mass is 10.0. The summed E-state index contributed by atoms with van der Waals surface area (Å²) < 4.78 is 5.68. The molecule has 0 bridgehead atoms. The summed E-state index contributed by atoms with van der Waals surface area (Å²) in [5.41, 5.74) is 4.22. The molecule has 4 rings (SSSR count). The summed E-state index contributed by atoms with van der Waals surface area (Å²) in [6.07, 6.45) is 3.77. The Balaban J connectivity index is 1.57. The molecule has 146 valence electrons. The summed E-state index contributed by atoms with van der Waals surface area (Å²) in [5.74, 6) is 1.08. The summed E-state index contributed by atoms with van der Waals surface area (Å²) in [4.78, 5) is 16.4. The Hall–Kier alpha value is -3.59. The van der Waals surface area contributed by atoms with Crippen molar-refractivity contribution in [2.45, 2.75) is 12.8 Å². The molecule has 0 saturated heterocycles. The van der Waals surface area contributed by atoms with Crippen LogP contribution >= 0.6 is 0 Å². The van der Waals surface area contributed by atoms with Crippen LogP contribution in [0.5, 0.6) is 5.75 Å². The second-order valence-corrected chi connectivity index (χ2v) is 7.09. The van der Waals surface area contributed by atoms with Crippen molar-refractivity contribution in [3.05, 3.63) is 54.2 Å². The number of nitrogens with one attached hydrogen (secondary N) is 2. The topological polar surface area (TPSA) is 87.0 Å². The van der Waals surface area contributed by atoms with Gasteiger partial charge < -0.3 is 15.4 Å². The smallest absolute Gasteiger partial charge is 0.223 e. The molecule has 0 radical (unpaired) electrons. The van der Waals surface area contributed by atoms with Crippen LogP contribution in [-0.2, 0) is 4.79 Å². The van der Waals surface area contributed by atoms with Crippen LogP contribution in [0.2, 0.25) is 0 Å². The molecule has 1 aliphatic carbocycles. The number of amides is 1. The fraction of sp³-hybridized carbons (Fsp3) is 0.261. The third-order valence-electron chi connectivity index (χ3n) is 5.06. The van der Waals surface area contributed by atoms with Crippen molar-refractivity contribution < 1.29 is 9.53 Å². The lowest BCUT2D eigenvalue weighted by Crippen LogP contribution is -2.29. The zero-order chi connectivity index (χ0) is 20.2. The van der Waals surface area contributed by atoms with Crippen LogP contribution in [0, 0.1) is 17.2 Å². The van der Waals surface area contributed by atoms with Crippen LogP contribution in [0.15, 0.2) is 48.7 Å². The largest absolute Gasteiger partial charge is 0.494 e. The number of hydrogen-bond donors (Lipinski definition) is 2. The Kier molecular flexibility index (Phi) is 5.30. The maximum Gasteiger partial charge on any atom is 0.223 e. The minimum atomic E-state index is 0.141. The van der Waals surface area contributed by atoms with Crippen molar-refractivity contribution in [1.29, 1.82) is 5.26 Å². The molecule has 0 atom stereocenters. The van der Waals surface area contributed by atoms with Gasteiger partial charge in [-0.3, -0.25) is 9.78 Å². The molecule has 1 saturated carbocycles. The number of methoxy groups -OCH3 is 1. The van der Waals surface area contributed by atoms with Crippen molar-refractivity contribution >= 4 is 22.5 Å². The zero-order valence-corrected chi connectivity index (χ0v) is 16.2. The molecule has 0 spiro atoms. The van der Waals surface area contributed by atoms with E-state index in [1.54, 1.807) is 25.4 Å². The number of fused-ring (bicyclic) bond motifs is 1. The van der Waals surface area contributed by atoms with Crippen LogP contribution < -0.4 is 15.4 Å². The molecule has 2 aromatic carbocycles. The number of nitriles is 1. The maximum atomic E-state index is 11.7. The van der Waals surface area contributed by atoms with Gasteiger partial charge in [0.2, 0.25) is 5.91 Å². The summed E-state index contributed by atoms with van der Waals surface area (Å²) in [5, 5.41) is 16.2. The van der Waals surface area contributed by atoms with Gasteiger partial charge in [-0.15, -0.1) is 0 Å². The van der Waals surface area contributed by atoms with Gasteiger partial charge in [-0.1, -0.05) is 24.3 Å². The van der Waals surface area contributed by atoms with Gasteiger partial charge in [-0.05, 0) is 36.6 Å². The highest BCUT2D eigenvalue weighted by Gasteiger charge is 2.29. The van der Waals surface area contributed by atoms with Gasteiger partial charge in [0.15, 0.2) is 5.75 Å². The molecule has 6 heteroatoms. The first-order valence-corrected chi connectivity index (χ1v) is 9.69. The number of anilines is 1. The van der Waals surface area contributed by atoms with E-state index >= 15 is 0 Å². The Morgan fingerprint density at radius 2 is 2.00 bits per heavy atom. The Bertz CT molecular complexity index is 1080. The van der Waals surface area contributed by atoms with Gasteiger partial charge in [0.05, 0.1) is 36.1 Å².